The first-order valence-electron chi connectivity index (χ1n) is 10.9. The average molecular weight is 431 g/mol. The van der Waals surface area contributed by atoms with Gasteiger partial charge in [-0.3, -0.25) is 0 Å². The van der Waals surface area contributed by atoms with Crippen LogP contribution in [0, 0.1) is 0 Å². The van der Waals surface area contributed by atoms with E-state index in [1.165, 1.54) is 0 Å². The Morgan fingerprint density at radius 3 is 2.29 bits per heavy atom. The van der Waals surface area contributed by atoms with Crippen LogP contribution in [0.1, 0.15) is 76.9 Å². The molecular formula is C23H34BNO6. The summed E-state index contributed by atoms with van der Waals surface area (Å²) in [6, 6.07) is 3.80. The molecule has 0 radical (unpaired) electrons. The molecule has 0 spiro atoms. The first-order chi connectivity index (χ1) is 14.2. The van der Waals surface area contributed by atoms with Crippen molar-refractivity contribution in [2.45, 2.75) is 85.2 Å². The second-order valence-electron chi connectivity index (χ2n) is 10.2. The lowest BCUT2D eigenvalue weighted by Crippen LogP contribution is -2.42. The molecule has 1 saturated heterocycles. The van der Waals surface area contributed by atoms with Gasteiger partial charge < -0.3 is 23.7 Å². The molecule has 170 valence electrons. The number of hydrogen-bond acceptors (Lipinski definition) is 6. The van der Waals surface area contributed by atoms with Crippen LogP contribution in [0.5, 0.6) is 0 Å². The van der Waals surface area contributed by atoms with E-state index in [1.807, 2.05) is 54.5 Å². The van der Waals surface area contributed by atoms with Gasteiger partial charge in [-0.2, -0.15) is 0 Å². The molecule has 0 aromatic heterocycles. The van der Waals surface area contributed by atoms with E-state index in [0.29, 0.717) is 25.1 Å². The predicted octanol–water partition coefficient (Wildman–Crippen LogP) is 3.46. The minimum Gasteiger partial charge on any atom is -0.462 e. The van der Waals surface area contributed by atoms with Crippen LogP contribution in [0.4, 0.5) is 4.79 Å². The third kappa shape index (κ3) is 4.90. The Morgan fingerprint density at radius 2 is 1.74 bits per heavy atom. The lowest BCUT2D eigenvalue weighted by molar-refractivity contribution is 0.00578. The highest BCUT2D eigenvalue weighted by Gasteiger charge is 2.52. The molecule has 0 atom stereocenters. The number of carbonyl (C=O) groups is 2. The van der Waals surface area contributed by atoms with Gasteiger partial charge in [0.2, 0.25) is 0 Å². The van der Waals surface area contributed by atoms with Gasteiger partial charge in [0.15, 0.2) is 0 Å². The molecule has 1 aromatic carbocycles. The molecule has 2 aliphatic rings. The van der Waals surface area contributed by atoms with Gasteiger partial charge in [-0.05, 0) is 84.5 Å². The van der Waals surface area contributed by atoms with E-state index in [2.05, 4.69) is 0 Å². The number of nitrogens with zero attached hydrogens (tertiary/aromatic N) is 1. The maximum Gasteiger partial charge on any atom is 0.494 e. The van der Waals surface area contributed by atoms with Crippen molar-refractivity contribution in [3.05, 3.63) is 28.8 Å². The van der Waals surface area contributed by atoms with E-state index < -0.39 is 29.9 Å². The number of fused-ring (bicyclic) bond motifs is 1. The zero-order valence-corrected chi connectivity index (χ0v) is 20.0. The van der Waals surface area contributed by atoms with E-state index in [1.54, 1.807) is 17.9 Å². The molecule has 31 heavy (non-hydrogen) atoms. The summed E-state index contributed by atoms with van der Waals surface area (Å²) in [5.74, 6) is -0.414. The fourth-order valence-corrected chi connectivity index (χ4v) is 3.68. The van der Waals surface area contributed by atoms with Crippen LogP contribution >= 0.6 is 0 Å². The van der Waals surface area contributed by atoms with E-state index in [4.69, 9.17) is 18.8 Å². The summed E-state index contributed by atoms with van der Waals surface area (Å²) in [5.41, 5.74) is 1.47. The Bertz CT molecular complexity index is 858. The van der Waals surface area contributed by atoms with Gasteiger partial charge in [0.1, 0.15) is 5.60 Å². The molecule has 1 amide bonds. The molecular weight excluding hydrogens is 397 g/mol. The SMILES string of the molecule is CCOC(=O)c1cc(B2OC(C)(C)C(C)(C)O2)cc2c1CN(C(=O)OC(C)(C)C)CC2. The molecule has 0 saturated carbocycles. The summed E-state index contributed by atoms with van der Waals surface area (Å²) in [5, 5.41) is 0. The van der Waals surface area contributed by atoms with Crippen molar-refractivity contribution in [1.29, 1.82) is 0 Å². The summed E-state index contributed by atoms with van der Waals surface area (Å²) >= 11 is 0. The standard InChI is InChI=1S/C23H34BNO6/c1-9-28-19(26)17-13-16(24-30-22(5,6)23(7,8)31-24)12-15-10-11-25(14-18(15)17)20(27)29-21(2,3)4/h12-13H,9-11,14H2,1-8H3. The van der Waals surface area contributed by atoms with Crippen LogP contribution in [0.25, 0.3) is 0 Å². The summed E-state index contributed by atoms with van der Waals surface area (Å²) < 4.78 is 23.2. The number of amides is 1. The third-order valence-corrected chi connectivity index (χ3v) is 6.04. The van der Waals surface area contributed by atoms with Crippen molar-refractivity contribution < 1.29 is 28.4 Å². The van der Waals surface area contributed by atoms with E-state index in [-0.39, 0.29) is 12.7 Å². The second-order valence-corrected chi connectivity index (χ2v) is 10.2. The van der Waals surface area contributed by atoms with E-state index >= 15 is 0 Å². The topological polar surface area (TPSA) is 74.3 Å². The van der Waals surface area contributed by atoms with Gasteiger partial charge in [0.25, 0.3) is 0 Å². The fourth-order valence-electron chi connectivity index (χ4n) is 3.68. The van der Waals surface area contributed by atoms with Gasteiger partial charge in [-0.25, -0.2) is 9.59 Å². The second kappa shape index (κ2) is 8.13. The molecule has 1 fully saturated rings. The summed E-state index contributed by atoms with van der Waals surface area (Å²) in [6.45, 7) is 16.3. The molecule has 3 rings (SSSR count). The average Bonchev–Trinajstić information content (AvgIpc) is 2.86. The monoisotopic (exact) mass is 431 g/mol. The Labute approximate surface area is 185 Å². The predicted molar refractivity (Wildman–Crippen MR) is 118 cm³/mol. The highest BCUT2D eigenvalue weighted by atomic mass is 16.7. The van der Waals surface area contributed by atoms with Crippen molar-refractivity contribution in [2.24, 2.45) is 0 Å². The van der Waals surface area contributed by atoms with E-state index in [0.717, 1.165) is 16.6 Å². The van der Waals surface area contributed by atoms with Crippen molar-refractivity contribution in [3.63, 3.8) is 0 Å². The number of rotatable bonds is 3. The van der Waals surface area contributed by atoms with Crippen LogP contribution in [-0.4, -0.2) is 54.0 Å². The quantitative estimate of drug-likeness (QED) is 0.539. The minimum atomic E-state index is -0.581. The van der Waals surface area contributed by atoms with Gasteiger partial charge in [-0.1, -0.05) is 6.07 Å². The number of hydrogen-bond donors (Lipinski definition) is 0. The van der Waals surface area contributed by atoms with Crippen molar-refractivity contribution >= 4 is 24.6 Å². The Balaban J connectivity index is 1.95. The first kappa shape index (κ1) is 23.6. The van der Waals surface area contributed by atoms with Crippen LogP contribution in [0.3, 0.4) is 0 Å². The number of carbonyl (C=O) groups excluding carboxylic acids is 2. The normalized spacial score (nSPS) is 19.7. The number of benzene rings is 1. The molecule has 8 heteroatoms. The summed E-state index contributed by atoms with van der Waals surface area (Å²) in [4.78, 5) is 27.0. The van der Waals surface area contributed by atoms with Crippen molar-refractivity contribution in [2.75, 3.05) is 13.2 Å². The zero-order chi connectivity index (χ0) is 23.2. The maximum absolute atomic E-state index is 12.8. The van der Waals surface area contributed by atoms with Gasteiger partial charge in [-0.15, -0.1) is 0 Å². The zero-order valence-electron chi connectivity index (χ0n) is 20.0. The molecule has 0 aliphatic carbocycles. The highest BCUT2D eigenvalue weighted by molar-refractivity contribution is 6.62. The Morgan fingerprint density at radius 1 is 1.13 bits per heavy atom. The fraction of sp³-hybridized carbons (Fsp3) is 0.652. The highest BCUT2D eigenvalue weighted by Crippen LogP contribution is 2.37. The molecule has 2 heterocycles. The Kier molecular flexibility index (Phi) is 6.19. The van der Waals surface area contributed by atoms with Crippen molar-refractivity contribution in [3.8, 4) is 0 Å². The number of esters is 1. The van der Waals surface area contributed by atoms with Crippen LogP contribution < -0.4 is 5.46 Å². The Hall–Kier alpha value is -2.06. The van der Waals surface area contributed by atoms with Gasteiger partial charge in [0, 0.05) is 6.54 Å². The largest absolute Gasteiger partial charge is 0.494 e. The molecule has 0 bridgehead atoms. The van der Waals surface area contributed by atoms with Gasteiger partial charge >= 0.3 is 19.2 Å². The lowest BCUT2D eigenvalue weighted by atomic mass is 9.75. The molecule has 1 aromatic rings. The van der Waals surface area contributed by atoms with Crippen molar-refractivity contribution in [1.82, 2.24) is 4.90 Å². The van der Waals surface area contributed by atoms with Crippen LogP contribution in [0.15, 0.2) is 12.1 Å². The van der Waals surface area contributed by atoms with Gasteiger partial charge in [0.05, 0.1) is 29.9 Å². The molecule has 2 aliphatic heterocycles. The van der Waals surface area contributed by atoms with Crippen LogP contribution in [0.2, 0.25) is 0 Å². The molecule has 7 nitrogen and oxygen atoms in total. The van der Waals surface area contributed by atoms with Crippen LogP contribution in [-0.2, 0) is 31.7 Å². The first-order valence-corrected chi connectivity index (χ1v) is 10.9. The molecule has 0 unspecified atom stereocenters. The minimum absolute atomic E-state index is 0.268. The summed E-state index contributed by atoms with van der Waals surface area (Å²) in [6.07, 6.45) is 0.219. The van der Waals surface area contributed by atoms with E-state index in [9.17, 15) is 9.59 Å². The molecule has 0 N–H and O–H groups in total. The third-order valence-electron chi connectivity index (χ3n) is 6.04. The smallest absolute Gasteiger partial charge is 0.462 e. The lowest BCUT2D eigenvalue weighted by Gasteiger charge is -2.32. The maximum atomic E-state index is 12.8. The summed E-state index contributed by atoms with van der Waals surface area (Å²) in [7, 11) is -0.577. The number of ether oxygens (including phenoxy) is 2.